The van der Waals surface area contributed by atoms with E-state index in [-0.39, 0.29) is 0 Å². The summed E-state index contributed by atoms with van der Waals surface area (Å²) < 4.78 is 0. The molecule has 1 N–H and O–H groups in total. The molecule has 74 valence electrons. The Balaban J connectivity index is 4.35. The fourth-order valence-corrected chi connectivity index (χ4v) is 1.24. The molecule has 13 heavy (non-hydrogen) atoms. The van der Waals surface area contributed by atoms with E-state index in [4.69, 9.17) is 5.11 Å². The van der Waals surface area contributed by atoms with Gasteiger partial charge < -0.3 is 5.11 Å². The Hall–Kier alpha value is -1.01. The minimum absolute atomic E-state index is 0.410. The number of carboxylic acid groups (broad SMARTS) is 1. The molecule has 0 radical (unpaired) electrons. The lowest BCUT2D eigenvalue weighted by Crippen LogP contribution is -2.40. The summed E-state index contributed by atoms with van der Waals surface area (Å²) in [6.07, 6.45) is 0.410. The van der Waals surface area contributed by atoms with E-state index >= 15 is 0 Å². The molecule has 0 aromatic rings. The standard InChI is InChI=1S/C10H17NO2/c1-4-7-8-9(10(12)13)11(5-2)6-3/h9H,5-6,8H2,1-3H3,(H,12,13). The van der Waals surface area contributed by atoms with Gasteiger partial charge in [-0.25, -0.2) is 0 Å². The highest BCUT2D eigenvalue weighted by Crippen LogP contribution is 2.03. The van der Waals surface area contributed by atoms with Crippen LogP contribution in [0.1, 0.15) is 27.2 Å². The third-order valence-corrected chi connectivity index (χ3v) is 2.01. The maximum Gasteiger partial charge on any atom is 0.321 e. The van der Waals surface area contributed by atoms with Crippen molar-refractivity contribution in [1.82, 2.24) is 4.90 Å². The first-order valence-electron chi connectivity index (χ1n) is 4.53. The van der Waals surface area contributed by atoms with E-state index < -0.39 is 12.0 Å². The molecule has 0 aromatic heterocycles. The molecular weight excluding hydrogens is 166 g/mol. The Kier molecular flexibility index (Phi) is 5.99. The predicted molar refractivity (Wildman–Crippen MR) is 52.4 cm³/mol. The minimum Gasteiger partial charge on any atom is -0.480 e. The van der Waals surface area contributed by atoms with Gasteiger partial charge in [-0.05, 0) is 20.0 Å². The zero-order valence-corrected chi connectivity index (χ0v) is 8.50. The van der Waals surface area contributed by atoms with Crippen LogP contribution in [0.2, 0.25) is 0 Å². The summed E-state index contributed by atoms with van der Waals surface area (Å²) in [6.45, 7) is 7.14. The Morgan fingerprint density at radius 1 is 1.46 bits per heavy atom. The maximum absolute atomic E-state index is 10.9. The highest BCUT2D eigenvalue weighted by Gasteiger charge is 2.21. The predicted octanol–water partition coefficient (Wildman–Crippen LogP) is 1.19. The van der Waals surface area contributed by atoms with Crippen LogP contribution in [0.5, 0.6) is 0 Å². The zero-order valence-electron chi connectivity index (χ0n) is 8.50. The first-order valence-corrected chi connectivity index (χ1v) is 4.53. The molecule has 0 saturated carbocycles. The van der Waals surface area contributed by atoms with Crippen molar-refractivity contribution in [2.24, 2.45) is 0 Å². The molecule has 0 aliphatic heterocycles. The molecule has 0 amide bonds. The van der Waals surface area contributed by atoms with E-state index in [0.29, 0.717) is 6.42 Å². The number of hydrogen-bond acceptors (Lipinski definition) is 2. The van der Waals surface area contributed by atoms with Crippen LogP contribution in [-0.2, 0) is 4.79 Å². The molecule has 1 atom stereocenters. The molecule has 0 aliphatic carbocycles. The quantitative estimate of drug-likeness (QED) is 0.651. The summed E-state index contributed by atoms with van der Waals surface area (Å²) in [5, 5.41) is 8.92. The van der Waals surface area contributed by atoms with Gasteiger partial charge in [0, 0.05) is 6.42 Å². The van der Waals surface area contributed by atoms with Gasteiger partial charge >= 0.3 is 5.97 Å². The van der Waals surface area contributed by atoms with Crippen molar-refractivity contribution in [3.63, 3.8) is 0 Å². The van der Waals surface area contributed by atoms with Crippen molar-refractivity contribution in [2.75, 3.05) is 13.1 Å². The van der Waals surface area contributed by atoms with E-state index in [2.05, 4.69) is 11.8 Å². The lowest BCUT2D eigenvalue weighted by Gasteiger charge is -2.24. The van der Waals surface area contributed by atoms with Gasteiger partial charge in [0.15, 0.2) is 0 Å². The molecule has 0 aliphatic rings. The van der Waals surface area contributed by atoms with Gasteiger partial charge in [-0.1, -0.05) is 13.8 Å². The smallest absolute Gasteiger partial charge is 0.321 e. The average Bonchev–Trinajstić information content (AvgIpc) is 2.11. The van der Waals surface area contributed by atoms with Crippen molar-refractivity contribution in [3.8, 4) is 11.8 Å². The van der Waals surface area contributed by atoms with Crippen molar-refractivity contribution >= 4 is 5.97 Å². The number of rotatable bonds is 5. The number of carbonyl (C=O) groups is 1. The second kappa shape index (κ2) is 6.50. The first kappa shape index (κ1) is 12.0. The van der Waals surface area contributed by atoms with Crippen molar-refractivity contribution in [1.29, 1.82) is 0 Å². The third-order valence-electron chi connectivity index (χ3n) is 2.01. The van der Waals surface area contributed by atoms with E-state index in [1.807, 2.05) is 18.7 Å². The molecule has 0 bridgehead atoms. The topological polar surface area (TPSA) is 40.5 Å². The summed E-state index contributed by atoms with van der Waals surface area (Å²) >= 11 is 0. The molecule has 3 nitrogen and oxygen atoms in total. The van der Waals surface area contributed by atoms with Crippen LogP contribution in [0.3, 0.4) is 0 Å². The van der Waals surface area contributed by atoms with E-state index in [1.54, 1.807) is 6.92 Å². The van der Waals surface area contributed by atoms with Crippen LogP contribution in [0.15, 0.2) is 0 Å². The molecule has 1 unspecified atom stereocenters. The highest BCUT2D eigenvalue weighted by molar-refractivity contribution is 5.73. The van der Waals surface area contributed by atoms with Gasteiger partial charge in [0.25, 0.3) is 0 Å². The van der Waals surface area contributed by atoms with Crippen LogP contribution >= 0.6 is 0 Å². The third kappa shape index (κ3) is 3.95. The lowest BCUT2D eigenvalue weighted by atomic mass is 10.2. The Morgan fingerprint density at radius 2 is 2.00 bits per heavy atom. The summed E-state index contributed by atoms with van der Waals surface area (Å²) in [5.41, 5.74) is 0. The Labute approximate surface area is 79.7 Å². The van der Waals surface area contributed by atoms with Gasteiger partial charge in [0.05, 0.1) is 0 Å². The zero-order chi connectivity index (χ0) is 10.3. The molecule has 0 fully saturated rings. The molecular formula is C10H17NO2. The van der Waals surface area contributed by atoms with Crippen LogP contribution in [0, 0.1) is 11.8 Å². The fourth-order valence-electron chi connectivity index (χ4n) is 1.24. The number of hydrogen-bond donors (Lipinski definition) is 1. The summed E-state index contributed by atoms with van der Waals surface area (Å²) in [4.78, 5) is 12.8. The lowest BCUT2D eigenvalue weighted by molar-refractivity contribution is -0.143. The van der Waals surface area contributed by atoms with Crippen molar-refractivity contribution < 1.29 is 9.90 Å². The highest BCUT2D eigenvalue weighted by atomic mass is 16.4. The first-order chi connectivity index (χ1) is 6.17. The molecule has 0 spiro atoms. The second-order valence-electron chi connectivity index (χ2n) is 2.71. The van der Waals surface area contributed by atoms with E-state index in [0.717, 1.165) is 13.1 Å². The van der Waals surface area contributed by atoms with Gasteiger partial charge in [-0.2, -0.15) is 0 Å². The van der Waals surface area contributed by atoms with E-state index in [1.165, 1.54) is 0 Å². The van der Waals surface area contributed by atoms with Gasteiger partial charge in [-0.3, -0.25) is 9.69 Å². The molecule has 0 heterocycles. The normalized spacial score (nSPS) is 12.0. The van der Waals surface area contributed by atoms with Crippen LogP contribution in [0.25, 0.3) is 0 Å². The van der Waals surface area contributed by atoms with Gasteiger partial charge in [0.2, 0.25) is 0 Å². The number of nitrogens with zero attached hydrogens (tertiary/aromatic N) is 1. The number of likely N-dealkylation sites (N-methyl/N-ethyl adjacent to an activating group) is 1. The number of aliphatic carboxylic acids is 1. The SMILES string of the molecule is CC#CCC(C(=O)O)N(CC)CC. The molecule has 0 saturated heterocycles. The van der Waals surface area contributed by atoms with Crippen LogP contribution in [0.4, 0.5) is 0 Å². The molecule has 0 aromatic carbocycles. The van der Waals surface area contributed by atoms with Crippen molar-refractivity contribution in [2.45, 2.75) is 33.2 Å². The maximum atomic E-state index is 10.9. The second-order valence-corrected chi connectivity index (χ2v) is 2.71. The summed E-state index contributed by atoms with van der Waals surface area (Å²) in [5.74, 6) is 4.74. The summed E-state index contributed by atoms with van der Waals surface area (Å²) in [7, 11) is 0. The Morgan fingerprint density at radius 3 is 2.31 bits per heavy atom. The average molecular weight is 183 g/mol. The van der Waals surface area contributed by atoms with Crippen LogP contribution in [-0.4, -0.2) is 35.1 Å². The minimum atomic E-state index is -0.786. The van der Waals surface area contributed by atoms with Crippen LogP contribution < -0.4 is 0 Å². The molecule has 3 heteroatoms. The van der Waals surface area contributed by atoms with Crippen molar-refractivity contribution in [3.05, 3.63) is 0 Å². The fraction of sp³-hybridized carbons (Fsp3) is 0.700. The monoisotopic (exact) mass is 183 g/mol. The molecule has 0 rings (SSSR count). The van der Waals surface area contributed by atoms with E-state index in [9.17, 15) is 4.79 Å². The largest absolute Gasteiger partial charge is 0.480 e. The Bertz CT molecular complexity index is 211. The van der Waals surface area contributed by atoms with Gasteiger partial charge in [0.1, 0.15) is 6.04 Å². The summed E-state index contributed by atoms with van der Waals surface area (Å²) in [6, 6.07) is -0.456. The number of carboxylic acids is 1. The van der Waals surface area contributed by atoms with Gasteiger partial charge in [-0.15, -0.1) is 11.8 Å².